The third-order valence-corrected chi connectivity index (χ3v) is 153. The minimum atomic E-state index is -0.881. The van der Waals surface area contributed by atoms with E-state index >= 15 is 0 Å². The summed E-state index contributed by atoms with van der Waals surface area (Å²) in [5.41, 5.74) is 0. The van der Waals surface area contributed by atoms with Crippen LogP contribution >= 0.6 is 0 Å². The third-order valence-electron chi connectivity index (χ3n) is 7.39. The van der Waals surface area contributed by atoms with E-state index in [0.717, 1.165) is 0 Å². The lowest BCUT2D eigenvalue weighted by Crippen LogP contribution is -2.93. The zero-order valence-electron chi connectivity index (χ0n) is 13.2. The van der Waals surface area contributed by atoms with Gasteiger partial charge in [0.05, 0.1) is 0 Å². The van der Waals surface area contributed by atoms with Gasteiger partial charge in [-0.15, -0.1) is 0 Å². The zero-order valence-corrected chi connectivity index (χ0v) is 19.6. The summed E-state index contributed by atoms with van der Waals surface area (Å²) in [7, 11) is -3.71. The lowest BCUT2D eigenvalue weighted by atomic mass is 11.9. The molecule has 1 rings (SSSR count). The first kappa shape index (κ1) is 15.4. The fourth-order valence-electron chi connectivity index (χ4n) is 4.02. The Bertz CT molecular complexity index is 274. The topological polar surface area (TPSA) is 0 Å². The van der Waals surface area contributed by atoms with Gasteiger partial charge in [0, 0.05) is 44.1 Å². The SMILES string of the molecule is C[Si]1(C)[SiH2][Si](C)(C)[Si](C)(C)[Si](C)(C)[Si]1(C)C. The van der Waals surface area contributed by atoms with Crippen molar-refractivity contribution in [3.05, 3.63) is 0 Å². The van der Waals surface area contributed by atoms with Crippen molar-refractivity contribution >= 4 is 44.1 Å². The maximum atomic E-state index is 2.82. The first-order valence-electron chi connectivity index (χ1n) is 6.71. The lowest BCUT2D eigenvalue weighted by Gasteiger charge is -2.65. The summed E-state index contributed by atoms with van der Waals surface area (Å²) < 4.78 is 0. The average molecular weight is 321 g/mol. The molecule has 1 saturated heterocycles. The summed E-state index contributed by atoms with van der Waals surface area (Å²) in [4.78, 5) is 0. The lowest BCUT2D eigenvalue weighted by molar-refractivity contribution is 1.76. The highest BCUT2D eigenvalue weighted by molar-refractivity contribution is 8.08. The van der Waals surface area contributed by atoms with Gasteiger partial charge >= 0.3 is 0 Å². The summed E-state index contributed by atoms with van der Waals surface area (Å²) in [6.07, 6.45) is 0. The van der Waals surface area contributed by atoms with E-state index in [-0.39, 0.29) is 0 Å². The van der Waals surface area contributed by atoms with Crippen LogP contribution in [0.4, 0.5) is 0 Å². The van der Waals surface area contributed by atoms with Crippen molar-refractivity contribution in [3.8, 4) is 0 Å². The standard InChI is InChI=1S/C10H32Si6/c1-12(2)11-13(3,4)15(7,8)16(9,10)14(12,5)6/h11H2,1-10H3. The molecule has 0 N–H and O–H groups in total. The van der Waals surface area contributed by atoms with Crippen LogP contribution in [0.25, 0.3) is 0 Å². The maximum absolute atomic E-state index is 2.82. The van der Waals surface area contributed by atoms with E-state index in [4.69, 9.17) is 0 Å². The van der Waals surface area contributed by atoms with E-state index in [1.54, 1.807) is 0 Å². The van der Waals surface area contributed by atoms with Crippen LogP contribution in [0, 0.1) is 0 Å². The molecule has 0 aromatic carbocycles. The van der Waals surface area contributed by atoms with Crippen LogP contribution < -0.4 is 0 Å². The molecule has 1 heterocycles. The monoisotopic (exact) mass is 320 g/mol. The van der Waals surface area contributed by atoms with Gasteiger partial charge in [-0.1, -0.05) is 65.5 Å². The number of hydrogen-bond acceptors (Lipinski definition) is 0. The van der Waals surface area contributed by atoms with E-state index in [9.17, 15) is 0 Å². The average Bonchev–Trinajstić information content (AvgIpc) is 1.98. The molecule has 1 fully saturated rings. The summed E-state index contributed by atoms with van der Waals surface area (Å²) in [5.74, 6) is 0. The van der Waals surface area contributed by atoms with Crippen molar-refractivity contribution in [2.45, 2.75) is 65.5 Å². The summed E-state index contributed by atoms with van der Waals surface area (Å²) in [5, 5.41) is 0. The normalized spacial score (nSPS) is 33.4. The van der Waals surface area contributed by atoms with Gasteiger partial charge in [0.1, 0.15) is 0 Å². The molecule has 0 unspecified atom stereocenters. The second-order valence-corrected chi connectivity index (χ2v) is 80.7. The molecular weight excluding hydrogens is 289 g/mol. The molecule has 0 spiro atoms. The Morgan fingerprint density at radius 3 is 0.938 bits per heavy atom. The Balaban J connectivity index is 3.43. The quantitative estimate of drug-likeness (QED) is 0.602. The molecule has 0 atom stereocenters. The van der Waals surface area contributed by atoms with Gasteiger partial charge in [-0.3, -0.25) is 0 Å². The molecule has 0 amide bonds. The van der Waals surface area contributed by atoms with E-state index in [1.807, 2.05) is 0 Å². The molecule has 1 aliphatic heterocycles. The molecule has 96 valence electrons. The number of rotatable bonds is 0. The van der Waals surface area contributed by atoms with Gasteiger partial charge in [-0.25, -0.2) is 0 Å². The highest BCUT2D eigenvalue weighted by Gasteiger charge is 2.68. The number of hydrogen-bond donors (Lipinski definition) is 0. The molecule has 0 radical (unpaired) electrons. The van der Waals surface area contributed by atoms with Gasteiger partial charge in [-0.2, -0.15) is 0 Å². The smallest absolute Gasteiger partial charge is 0.0306 e. The Morgan fingerprint density at radius 1 is 0.438 bits per heavy atom. The highest BCUT2D eigenvalue weighted by Crippen LogP contribution is 2.43. The fourth-order valence-corrected chi connectivity index (χ4v) is 247. The van der Waals surface area contributed by atoms with Gasteiger partial charge in [-0.05, 0) is 0 Å². The molecule has 0 saturated carbocycles. The first-order valence-corrected chi connectivity index (χ1v) is 30.4. The van der Waals surface area contributed by atoms with Gasteiger partial charge < -0.3 is 0 Å². The summed E-state index contributed by atoms with van der Waals surface area (Å²) >= 11 is 0. The molecular formula is C10H32Si6. The minimum absolute atomic E-state index is 0.323. The molecule has 0 aliphatic carbocycles. The predicted octanol–water partition coefficient (Wildman–Crippen LogP) is 3.02. The van der Waals surface area contributed by atoms with E-state index in [2.05, 4.69) is 65.5 Å². The van der Waals surface area contributed by atoms with Crippen LogP contribution in [0.15, 0.2) is 0 Å². The molecule has 0 aromatic heterocycles. The Kier molecular flexibility index (Phi) is 3.51. The summed E-state index contributed by atoms with van der Waals surface area (Å²) in [6, 6.07) is 0. The zero-order chi connectivity index (χ0) is 13.2. The van der Waals surface area contributed by atoms with E-state index < -0.39 is 35.5 Å². The van der Waals surface area contributed by atoms with Crippen LogP contribution in [0.3, 0.4) is 0 Å². The minimum Gasteiger partial charge on any atom is -0.0740 e. The highest BCUT2D eigenvalue weighted by atomic mass is 30.2. The van der Waals surface area contributed by atoms with Crippen molar-refractivity contribution in [2.75, 3.05) is 0 Å². The Labute approximate surface area is 109 Å². The second-order valence-electron chi connectivity index (χ2n) is 8.82. The molecule has 0 nitrogen and oxygen atoms in total. The van der Waals surface area contributed by atoms with Crippen molar-refractivity contribution in [1.29, 1.82) is 0 Å². The first-order chi connectivity index (χ1) is 6.71. The molecule has 6 heteroatoms. The van der Waals surface area contributed by atoms with E-state index in [1.165, 1.54) is 0 Å². The molecule has 0 bridgehead atoms. The fraction of sp³-hybridized carbons (Fsp3) is 1.00. The van der Waals surface area contributed by atoms with Crippen molar-refractivity contribution < 1.29 is 0 Å². The van der Waals surface area contributed by atoms with Crippen LogP contribution in [0.2, 0.25) is 65.5 Å². The Morgan fingerprint density at radius 2 is 0.688 bits per heavy atom. The van der Waals surface area contributed by atoms with Gasteiger partial charge in [0.25, 0.3) is 0 Å². The van der Waals surface area contributed by atoms with Crippen LogP contribution in [0.5, 0.6) is 0 Å². The van der Waals surface area contributed by atoms with Gasteiger partial charge in [0.2, 0.25) is 0 Å². The van der Waals surface area contributed by atoms with Crippen molar-refractivity contribution in [3.63, 3.8) is 0 Å². The van der Waals surface area contributed by atoms with Crippen molar-refractivity contribution in [1.82, 2.24) is 0 Å². The maximum Gasteiger partial charge on any atom is 0.0306 e. The second kappa shape index (κ2) is 3.66. The van der Waals surface area contributed by atoms with Gasteiger partial charge in [0.15, 0.2) is 0 Å². The van der Waals surface area contributed by atoms with Crippen LogP contribution in [-0.2, 0) is 0 Å². The molecule has 1 aliphatic rings. The van der Waals surface area contributed by atoms with Crippen LogP contribution in [-0.4, -0.2) is 44.1 Å². The third kappa shape index (κ3) is 1.67. The largest absolute Gasteiger partial charge is 0.0740 e. The summed E-state index contributed by atoms with van der Waals surface area (Å²) in [6.45, 7) is 28.1. The van der Waals surface area contributed by atoms with Crippen LogP contribution in [0.1, 0.15) is 0 Å². The van der Waals surface area contributed by atoms with Crippen molar-refractivity contribution in [2.24, 2.45) is 0 Å². The molecule has 0 aromatic rings. The predicted molar refractivity (Wildman–Crippen MR) is 96.0 cm³/mol. The Hall–Kier alpha value is 1.30. The van der Waals surface area contributed by atoms with E-state index in [0.29, 0.717) is 8.55 Å². The molecule has 16 heavy (non-hydrogen) atoms.